The van der Waals surface area contributed by atoms with E-state index in [4.69, 9.17) is 9.52 Å². The van der Waals surface area contributed by atoms with Crippen molar-refractivity contribution >= 4 is 28.6 Å². The molecule has 0 aliphatic heterocycles. The quantitative estimate of drug-likeness (QED) is 0.338. The van der Waals surface area contributed by atoms with Crippen molar-refractivity contribution in [3.8, 4) is 5.75 Å². The predicted octanol–water partition coefficient (Wildman–Crippen LogP) is 6.19. The van der Waals surface area contributed by atoms with Crippen LogP contribution in [0.2, 0.25) is 0 Å². The lowest BCUT2D eigenvalue weighted by atomic mass is 9.94. The molecule has 5 rings (SSSR count). The van der Waals surface area contributed by atoms with Crippen LogP contribution >= 0.6 is 0 Å². The van der Waals surface area contributed by atoms with Crippen molar-refractivity contribution in [3.63, 3.8) is 0 Å². The van der Waals surface area contributed by atoms with Crippen molar-refractivity contribution in [3.05, 3.63) is 89.7 Å². The highest BCUT2D eigenvalue weighted by Crippen LogP contribution is 2.37. The molecule has 144 valence electrons. The Balaban J connectivity index is 1.63. The Bertz CT molecular complexity index is 1120. The molecule has 29 heavy (non-hydrogen) atoms. The van der Waals surface area contributed by atoms with E-state index in [1.165, 1.54) is 5.56 Å². The van der Waals surface area contributed by atoms with Gasteiger partial charge in [-0.3, -0.25) is 0 Å². The van der Waals surface area contributed by atoms with Crippen molar-refractivity contribution in [2.45, 2.75) is 25.7 Å². The highest BCUT2D eigenvalue weighted by atomic mass is 16.3. The van der Waals surface area contributed by atoms with Gasteiger partial charge in [0.1, 0.15) is 17.1 Å². The van der Waals surface area contributed by atoms with Gasteiger partial charge in [0, 0.05) is 22.9 Å². The van der Waals surface area contributed by atoms with Gasteiger partial charge in [-0.1, -0.05) is 36.4 Å². The van der Waals surface area contributed by atoms with Gasteiger partial charge < -0.3 is 9.52 Å². The lowest BCUT2D eigenvalue weighted by Gasteiger charge is -2.19. The molecular formula is C25H22N2O2. The van der Waals surface area contributed by atoms with Crippen LogP contribution in [0.25, 0.3) is 11.0 Å². The SMILES string of the molecule is Oc1ccc2oc3c(c2c1/C=N\N(c1ccccc1)c1ccccc1)CCCC3. The summed E-state index contributed by atoms with van der Waals surface area (Å²) in [5.74, 6) is 1.27. The monoisotopic (exact) mass is 382 g/mol. The van der Waals surface area contributed by atoms with Crippen LogP contribution < -0.4 is 5.01 Å². The summed E-state index contributed by atoms with van der Waals surface area (Å²) in [6.07, 6.45) is 5.99. The average molecular weight is 382 g/mol. The highest BCUT2D eigenvalue weighted by molar-refractivity contribution is 6.03. The van der Waals surface area contributed by atoms with E-state index in [1.807, 2.05) is 71.7 Å². The van der Waals surface area contributed by atoms with Crippen LogP contribution in [0.1, 0.15) is 29.7 Å². The first kappa shape index (κ1) is 17.6. The van der Waals surface area contributed by atoms with Gasteiger partial charge >= 0.3 is 0 Å². The number of benzene rings is 3. The summed E-state index contributed by atoms with van der Waals surface area (Å²) < 4.78 is 6.08. The highest BCUT2D eigenvalue weighted by Gasteiger charge is 2.21. The number of nitrogens with zero attached hydrogens (tertiary/aromatic N) is 2. The smallest absolute Gasteiger partial charge is 0.135 e. The number of hydrogen-bond donors (Lipinski definition) is 1. The molecule has 0 atom stereocenters. The number of phenols is 1. The van der Waals surface area contributed by atoms with E-state index in [2.05, 4.69) is 0 Å². The minimum Gasteiger partial charge on any atom is -0.507 e. The summed E-state index contributed by atoms with van der Waals surface area (Å²) in [4.78, 5) is 0. The maximum absolute atomic E-state index is 10.6. The molecule has 1 aliphatic carbocycles. The Hall–Kier alpha value is -3.53. The van der Waals surface area contributed by atoms with Crippen molar-refractivity contribution in [1.82, 2.24) is 0 Å². The molecule has 0 spiro atoms. The maximum Gasteiger partial charge on any atom is 0.135 e. The maximum atomic E-state index is 10.6. The molecule has 0 radical (unpaired) electrons. The summed E-state index contributed by atoms with van der Waals surface area (Å²) in [5, 5.41) is 18.3. The number of hydrogen-bond acceptors (Lipinski definition) is 4. The summed E-state index contributed by atoms with van der Waals surface area (Å²) in [6, 6.07) is 23.6. The molecule has 1 aromatic heterocycles. The Kier molecular flexibility index (Phi) is 4.53. The van der Waals surface area contributed by atoms with Crippen LogP contribution in [0, 0.1) is 0 Å². The standard InChI is InChI=1S/C25H22N2O2/c28-22-15-16-24-25(20-13-7-8-14-23(20)29-24)21(22)17-26-27(18-9-3-1-4-10-18)19-11-5-2-6-12-19/h1-6,9-12,15-17,28H,7-8,13-14H2/b26-17-. The normalized spacial score (nSPS) is 13.7. The number of phenolic OH excluding ortho intramolecular Hbond substituents is 1. The van der Waals surface area contributed by atoms with Gasteiger partial charge in [0.2, 0.25) is 0 Å². The second-order valence-corrected chi connectivity index (χ2v) is 7.31. The van der Waals surface area contributed by atoms with Gasteiger partial charge in [-0.25, -0.2) is 5.01 Å². The van der Waals surface area contributed by atoms with Gasteiger partial charge in [-0.05, 0) is 55.7 Å². The van der Waals surface area contributed by atoms with Gasteiger partial charge in [-0.15, -0.1) is 0 Å². The van der Waals surface area contributed by atoms with Crippen LogP contribution in [0.15, 0.2) is 82.3 Å². The molecule has 0 unspecified atom stereocenters. The predicted molar refractivity (Wildman–Crippen MR) is 117 cm³/mol. The molecule has 0 saturated carbocycles. The van der Waals surface area contributed by atoms with Crippen molar-refractivity contribution in [2.75, 3.05) is 5.01 Å². The largest absolute Gasteiger partial charge is 0.507 e. The average Bonchev–Trinajstić information content (AvgIpc) is 3.15. The molecule has 4 aromatic rings. The minimum atomic E-state index is 0.219. The van der Waals surface area contributed by atoms with Crippen molar-refractivity contribution in [1.29, 1.82) is 0 Å². The number of aromatic hydroxyl groups is 1. The second-order valence-electron chi connectivity index (χ2n) is 7.31. The second kappa shape index (κ2) is 7.47. The van der Waals surface area contributed by atoms with Gasteiger partial charge in [0.15, 0.2) is 0 Å². The van der Waals surface area contributed by atoms with E-state index in [0.29, 0.717) is 5.56 Å². The Morgan fingerprint density at radius 1 is 0.828 bits per heavy atom. The van der Waals surface area contributed by atoms with Gasteiger partial charge in [0.05, 0.1) is 17.6 Å². The number of anilines is 2. The number of fused-ring (bicyclic) bond motifs is 3. The molecule has 1 heterocycles. The summed E-state index contributed by atoms with van der Waals surface area (Å²) in [7, 11) is 0. The van der Waals surface area contributed by atoms with Gasteiger partial charge in [-0.2, -0.15) is 5.10 Å². The molecule has 1 N–H and O–H groups in total. The van der Waals surface area contributed by atoms with Gasteiger partial charge in [0.25, 0.3) is 0 Å². The Labute approximate surface area is 169 Å². The van der Waals surface area contributed by atoms with Crippen LogP contribution in [0.4, 0.5) is 11.4 Å². The van der Waals surface area contributed by atoms with Crippen LogP contribution in [-0.4, -0.2) is 11.3 Å². The number of rotatable bonds is 4. The number of hydrazone groups is 1. The summed E-state index contributed by atoms with van der Waals surface area (Å²) in [5.41, 5.74) is 4.66. The van der Waals surface area contributed by atoms with E-state index in [-0.39, 0.29) is 5.75 Å². The molecule has 0 amide bonds. The molecule has 4 heteroatoms. The minimum absolute atomic E-state index is 0.219. The third-order valence-electron chi connectivity index (χ3n) is 5.44. The molecule has 1 aliphatic rings. The zero-order chi connectivity index (χ0) is 19.6. The first-order valence-electron chi connectivity index (χ1n) is 10.0. The lowest BCUT2D eigenvalue weighted by molar-refractivity contribution is 0.474. The Morgan fingerprint density at radius 2 is 1.48 bits per heavy atom. The number of para-hydroxylation sites is 2. The zero-order valence-corrected chi connectivity index (χ0v) is 16.1. The fraction of sp³-hybridized carbons (Fsp3) is 0.160. The first-order chi connectivity index (χ1) is 14.3. The third-order valence-corrected chi connectivity index (χ3v) is 5.44. The number of furan rings is 1. The van der Waals surface area contributed by atoms with Crippen LogP contribution in [-0.2, 0) is 12.8 Å². The number of aryl methyl sites for hydroxylation is 2. The van der Waals surface area contributed by atoms with Crippen LogP contribution in [0.3, 0.4) is 0 Å². The van der Waals surface area contributed by atoms with E-state index in [1.54, 1.807) is 12.3 Å². The molecular weight excluding hydrogens is 360 g/mol. The lowest BCUT2D eigenvalue weighted by Crippen LogP contribution is -2.09. The van der Waals surface area contributed by atoms with Crippen molar-refractivity contribution in [2.24, 2.45) is 5.10 Å². The van der Waals surface area contributed by atoms with E-state index in [9.17, 15) is 5.11 Å². The zero-order valence-electron chi connectivity index (χ0n) is 16.1. The van der Waals surface area contributed by atoms with E-state index < -0.39 is 0 Å². The Morgan fingerprint density at radius 3 is 2.17 bits per heavy atom. The molecule has 0 fully saturated rings. The van der Waals surface area contributed by atoms with Crippen LogP contribution in [0.5, 0.6) is 5.75 Å². The van der Waals surface area contributed by atoms with E-state index in [0.717, 1.165) is 53.8 Å². The molecule has 0 bridgehead atoms. The molecule has 0 saturated heterocycles. The topological polar surface area (TPSA) is 49.0 Å². The molecule has 4 nitrogen and oxygen atoms in total. The summed E-state index contributed by atoms with van der Waals surface area (Å²) in [6.45, 7) is 0. The molecule has 3 aromatic carbocycles. The van der Waals surface area contributed by atoms with Crippen molar-refractivity contribution < 1.29 is 9.52 Å². The third kappa shape index (κ3) is 3.27. The summed E-state index contributed by atoms with van der Waals surface area (Å²) >= 11 is 0. The fourth-order valence-corrected chi connectivity index (χ4v) is 4.04. The van der Waals surface area contributed by atoms with E-state index >= 15 is 0 Å². The first-order valence-corrected chi connectivity index (χ1v) is 10.0. The fourth-order valence-electron chi connectivity index (χ4n) is 4.04.